The number of piperidine rings is 1. The standard InChI is InChI=1S/C19H24N4O/c1-15(16-6-3-2-4-7-16)12-22-19(24)17-8-5-11-23(14-17)18-13-20-9-10-21-18/h2-4,6-7,9-10,13,15,17H,5,8,11-12,14H2,1H3,(H,22,24). The van der Waals surface area contributed by atoms with Gasteiger partial charge in [0, 0.05) is 32.0 Å². The third-order valence-electron chi connectivity index (χ3n) is 4.62. The number of carbonyl (C=O) groups is 1. The van der Waals surface area contributed by atoms with Crippen LogP contribution in [-0.2, 0) is 4.79 Å². The van der Waals surface area contributed by atoms with Gasteiger partial charge in [-0.3, -0.25) is 9.78 Å². The fourth-order valence-electron chi connectivity index (χ4n) is 3.15. The second-order valence-corrected chi connectivity index (χ2v) is 6.41. The summed E-state index contributed by atoms with van der Waals surface area (Å²) in [5, 5.41) is 3.12. The molecule has 1 fully saturated rings. The molecule has 126 valence electrons. The Bertz CT molecular complexity index is 647. The number of anilines is 1. The highest BCUT2D eigenvalue weighted by molar-refractivity contribution is 5.79. The molecule has 2 unspecified atom stereocenters. The Balaban J connectivity index is 1.53. The summed E-state index contributed by atoms with van der Waals surface area (Å²) in [6.45, 7) is 4.46. The van der Waals surface area contributed by atoms with Crippen molar-refractivity contribution in [2.75, 3.05) is 24.5 Å². The van der Waals surface area contributed by atoms with E-state index in [4.69, 9.17) is 0 Å². The van der Waals surface area contributed by atoms with E-state index in [0.29, 0.717) is 19.0 Å². The number of benzene rings is 1. The average Bonchev–Trinajstić information content (AvgIpc) is 2.67. The van der Waals surface area contributed by atoms with E-state index in [1.807, 2.05) is 18.2 Å². The molecule has 2 atom stereocenters. The SMILES string of the molecule is CC(CNC(=O)C1CCCN(c2cnccn2)C1)c1ccccc1. The molecule has 24 heavy (non-hydrogen) atoms. The predicted molar refractivity (Wildman–Crippen MR) is 94.8 cm³/mol. The molecule has 1 aromatic carbocycles. The van der Waals surface area contributed by atoms with Crippen LogP contribution >= 0.6 is 0 Å². The van der Waals surface area contributed by atoms with Gasteiger partial charge < -0.3 is 10.2 Å². The molecular weight excluding hydrogens is 300 g/mol. The first-order chi connectivity index (χ1) is 11.7. The minimum absolute atomic E-state index is 0.0173. The van der Waals surface area contributed by atoms with Crippen LogP contribution in [0.4, 0.5) is 5.82 Å². The largest absolute Gasteiger partial charge is 0.355 e. The van der Waals surface area contributed by atoms with Crippen LogP contribution in [0, 0.1) is 5.92 Å². The van der Waals surface area contributed by atoms with Crippen LogP contribution in [0.2, 0.25) is 0 Å². The van der Waals surface area contributed by atoms with Gasteiger partial charge in [0.2, 0.25) is 5.91 Å². The number of rotatable bonds is 5. The van der Waals surface area contributed by atoms with Crippen molar-refractivity contribution in [1.82, 2.24) is 15.3 Å². The topological polar surface area (TPSA) is 58.1 Å². The maximum Gasteiger partial charge on any atom is 0.224 e. The summed E-state index contributed by atoms with van der Waals surface area (Å²) in [5.74, 6) is 1.33. The lowest BCUT2D eigenvalue weighted by molar-refractivity contribution is -0.125. The van der Waals surface area contributed by atoms with E-state index in [1.165, 1.54) is 5.56 Å². The van der Waals surface area contributed by atoms with E-state index in [9.17, 15) is 4.79 Å². The van der Waals surface area contributed by atoms with Crippen molar-refractivity contribution in [2.45, 2.75) is 25.7 Å². The van der Waals surface area contributed by atoms with Gasteiger partial charge in [-0.05, 0) is 24.3 Å². The summed E-state index contributed by atoms with van der Waals surface area (Å²) in [6, 6.07) is 10.3. The summed E-state index contributed by atoms with van der Waals surface area (Å²) in [5.41, 5.74) is 1.25. The predicted octanol–water partition coefficient (Wildman–Crippen LogP) is 2.61. The number of hydrogen-bond acceptors (Lipinski definition) is 4. The Kier molecular flexibility index (Phi) is 5.41. The van der Waals surface area contributed by atoms with Crippen molar-refractivity contribution in [1.29, 1.82) is 0 Å². The van der Waals surface area contributed by atoms with Crippen molar-refractivity contribution < 1.29 is 4.79 Å². The van der Waals surface area contributed by atoms with E-state index in [2.05, 4.69) is 39.2 Å². The van der Waals surface area contributed by atoms with E-state index in [-0.39, 0.29) is 11.8 Å². The van der Waals surface area contributed by atoms with Gasteiger partial charge in [0.15, 0.2) is 0 Å². The number of nitrogens with zero attached hydrogens (tertiary/aromatic N) is 3. The van der Waals surface area contributed by atoms with Crippen LogP contribution in [0.25, 0.3) is 0 Å². The van der Waals surface area contributed by atoms with E-state index < -0.39 is 0 Å². The molecule has 0 aliphatic carbocycles. The molecule has 1 aliphatic heterocycles. The summed E-state index contributed by atoms with van der Waals surface area (Å²) < 4.78 is 0. The van der Waals surface area contributed by atoms with Gasteiger partial charge in [0.05, 0.1) is 12.1 Å². The minimum atomic E-state index is 0.0173. The van der Waals surface area contributed by atoms with Gasteiger partial charge in [-0.1, -0.05) is 37.3 Å². The molecule has 1 N–H and O–H groups in total. The molecule has 1 aliphatic rings. The van der Waals surface area contributed by atoms with E-state index in [0.717, 1.165) is 25.2 Å². The number of nitrogens with one attached hydrogen (secondary N) is 1. The van der Waals surface area contributed by atoms with Crippen molar-refractivity contribution >= 4 is 11.7 Å². The fourth-order valence-corrected chi connectivity index (χ4v) is 3.15. The van der Waals surface area contributed by atoms with Gasteiger partial charge in [-0.25, -0.2) is 4.98 Å². The summed E-state index contributed by atoms with van der Waals surface area (Å²) in [7, 11) is 0. The Morgan fingerprint density at radius 3 is 2.92 bits per heavy atom. The third kappa shape index (κ3) is 4.10. The monoisotopic (exact) mass is 324 g/mol. The molecule has 2 aromatic rings. The first kappa shape index (κ1) is 16.4. The second-order valence-electron chi connectivity index (χ2n) is 6.41. The highest BCUT2D eigenvalue weighted by atomic mass is 16.1. The molecule has 5 heteroatoms. The average molecular weight is 324 g/mol. The lowest BCUT2D eigenvalue weighted by Gasteiger charge is -2.32. The van der Waals surface area contributed by atoms with Gasteiger partial charge >= 0.3 is 0 Å². The highest BCUT2D eigenvalue weighted by Gasteiger charge is 2.26. The first-order valence-electron chi connectivity index (χ1n) is 8.57. The van der Waals surface area contributed by atoms with E-state index >= 15 is 0 Å². The summed E-state index contributed by atoms with van der Waals surface area (Å²) in [4.78, 5) is 23.2. The lowest BCUT2D eigenvalue weighted by atomic mass is 9.96. The Morgan fingerprint density at radius 2 is 2.17 bits per heavy atom. The second kappa shape index (κ2) is 7.90. The molecule has 1 amide bonds. The smallest absolute Gasteiger partial charge is 0.224 e. The minimum Gasteiger partial charge on any atom is -0.355 e. The zero-order valence-corrected chi connectivity index (χ0v) is 14.1. The van der Waals surface area contributed by atoms with Gasteiger partial charge in [0.1, 0.15) is 5.82 Å². The molecule has 2 heterocycles. The van der Waals surface area contributed by atoms with Crippen LogP contribution in [0.15, 0.2) is 48.9 Å². The van der Waals surface area contributed by atoms with Crippen molar-refractivity contribution in [3.05, 3.63) is 54.5 Å². The Hall–Kier alpha value is -2.43. The number of amides is 1. The number of hydrogen-bond donors (Lipinski definition) is 1. The molecule has 0 radical (unpaired) electrons. The molecule has 0 spiro atoms. The number of aromatic nitrogens is 2. The van der Waals surface area contributed by atoms with Crippen LogP contribution in [0.3, 0.4) is 0 Å². The van der Waals surface area contributed by atoms with E-state index in [1.54, 1.807) is 18.6 Å². The van der Waals surface area contributed by atoms with Crippen molar-refractivity contribution in [2.24, 2.45) is 5.92 Å². The molecule has 1 saturated heterocycles. The Labute approximate surface area is 143 Å². The molecule has 5 nitrogen and oxygen atoms in total. The van der Waals surface area contributed by atoms with Gasteiger partial charge in [0.25, 0.3) is 0 Å². The van der Waals surface area contributed by atoms with Crippen molar-refractivity contribution in [3.63, 3.8) is 0 Å². The molecule has 0 saturated carbocycles. The van der Waals surface area contributed by atoms with Crippen LogP contribution in [0.5, 0.6) is 0 Å². The van der Waals surface area contributed by atoms with Gasteiger partial charge in [-0.15, -0.1) is 0 Å². The number of carbonyl (C=O) groups excluding carboxylic acids is 1. The zero-order valence-electron chi connectivity index (χ0n) is 14.1. The summed E-state index contributed by atoms with van der Waals surface area (Å²) >= 11 is 0. The highest BCUT2D eigenvalue weighted by Crippen LogP contribution is 2.21. The Morgan fingerprint density at radius 1 is 1.33 bits per heavy atom. The van der Waals surface area contributed by atoms with Crippen molar-refractivity contribution in [3.8, 4) is 0 Å². The quantitative estimate of drug-likeness (QED) is 0.918. The van der Waals surface area contributed by atoms with Crippen LogP contribution in [-0.4, -0.2) is 35.5 Å². The normalized spacial score (nSPS) is 18.9. The molecule has 1 aromatic heterocycles. The first-order valence-corrected chi connectivity index (χ1v) is 8.57. The van der Waals surface area contributed by atoms with Crippen LogP contribution in [0.1, 0.15) is 31.2 Å². The maximum absolute atomic E-state index is 12.5. The van der Waals surface area contributed by atoms with Crippen LogP contribution < -0.4 is 10.2 Å². The fraction of sp³-hybridized carbons (Fsp3) is 0.421. The zero-order chi connectivity index (χ0) is 16.8. The third-order valence-corrected chi connectivity index (χ3v) is 4.62. The summed E-state index contributed by atoms with van der Waals surface area (Å²) in [6.07, 6.45) is 7.06. The lowest BCUT2D eigenvalue weighted by Crippen LogP contribution is -2.44. The maximum atomic E-state index is 12.5. The molecular formula is C19H24N4O. The molecule has 0 bridgehead atoms. The molecule has 3 rings (SSSR count). The van der Waals surface area contributed by atoms with Gasteiger partial charge in [-0.2, -0.15) is 0 Å².